The lowest BCUT2D eigenvalue weighted by molar-refractivity contribution is 0.788. The first kappa shape index (κ1) is 10.6. The summed E-state index contributed by atoms with van der Waals surface area (Å²) in [5.41, 5.74) is 9.34. The van der Waals surface area contributed by atoms with Gasteiger partial charge in [-0.2, -0.15) is 5.10 Å². The van der Waals surface area contributed by atoms with Crippen molar-refractivity contribution in [3.8, 4) is 11.3 Å². The Balaban J connectivity index is 2.36. The number of hydrogen-bond acceptors (Lipinski definition) is 5. The molecule has 0 aliphatic rings. The molecule has 3 aromatic rings. The van der Waals surface area contributed by atoms with E-state index in [0.29, 0.717) is 5.82 Å². The highest BCUT2D eigenvalue weighted by atomic mass is 15.3. The summed E-state index contributed by atoms with van der Waals surface area (Å²) in [5, 5.41) is 5.25. The van der Waals surface area contributed by atoms with Crippen LogP contribution >= 0.6 is 0 Å². The number of pyridine rings is 1. The van der Waals surface area contributed by atoms with Gasteiger partial charge < -0.3 is 5.73 Å². The smallest absolute Gasteiger partial charge is 0.163 e. The van der Waals surface area contributed by atoms with Gasteiger partial charge in [0.2, 0.25) is 0 Å². The van der Waals surface area contributed by atoms with E-state index in [9.17, 15) is 0 Å². The Morgan fingerprint density at radius 1 is 1.22 bits per heavy atom. The summed E-state index contributed by atoms with van der Waals surface area (Å²) in [6.45, 7) is 1.94. The van der Waals surface area contributed by atoms with Crippen molar-refractivity contribution in [1.29, 1.82) is 0 Å². The van der Waals surface area contributed by atoms with Crippen LogP contribution in [0.4, 0.5) is 5.82 Å². The molecule has 6 nitrogen and oxygen atoms in total. The molecule has 3 aromatic heterocycles. The average Bonchev–Trinajstić information content (AvgIpc) is 2.69. The highest BCUT2D eigenvalue weighted by Crippen LogP contribution is 2.29. The summed E-state index contributed by atoms with van der Waals surface area (Å²) in [4.78, 5) is 12.4. The molecule has 0 unspecified atom stereocenters. The van der Waals surface area contributed by atoms with Crippen molar-refractivity contribution in [2.75, 3.05) is 5.73 Å². The fourth-order valence-electron chi connectivity index (χ4n) is 2.00. The SMILES string of the molecule is Cc1cc(-c2nn(C)c3ncnc(N)c23)ccn1. The first-order valence-electron chi connectivity index (χ1n) is 5.53. The first-order chi connectivity index (χ1) is 8.66. The van der Waals surface area contributed by atoms with Crippen LogP contribution in [0, 0.1) is 6.92 Å². The van der Waals surface area contributed by atoms with Crippen molar-refractivity contribution in [2.24, 2.45) is 7.05 Å². The van der Waals surface area contributed by atoms with E-state index in [1.807, 2.05) is 26.1 Å². The van der Waals surface area contributed by atoms with Crippen molar-refractivity contribution in [3.63, 3.8) is 0 Å². The quantitative estimate of drug-likeness (QED) is 0.693. The maximum absolute atomic E-state index is 5.93. The van der Waals surface area contributed by atoms with Gasteiger partial charge in [0.25, 0.3) is 0 Å². The minimum Gasteiger partial charge on any atom is -0.383 e. The van der Waals surface area contributed by atoms with Crippen molar-refractivity contribution in [2.45, 2.75) is 6.92 Å². The Labute approximate surface area is 104 Å². The standard InChI is InChI=1S/C12H12N6/c1-7-5-8(3-4-14-7)10-9-11(13)15-6-16-12(9)18(2)17-10/h3-6H,1-2H3,(H2,13,15,16). The molecule has 0 saturated heterocycles. The number of aromatic nitrogens is 5. The fourth-order valence-corrected chi connectivity index (χ4v) is 2.00. The number of anilines is 1. The van der Waals surface area contributed by atoms with Gasteiger partial charge in [-0.1, -0.05) is 0 Å². The predicted molar refractivity (Wildman–Crippen MR) is 68.7 cm³/mol. The lowest BCUT2D eigenvalue weighted by atomic mass is 10.1. The summed E-state index contributed by atoms with van der Waals surface area (Å²) in [6.07, 6.45) is 3.20. The third-order valence-corrected chi connectivity index (χ3v) is 2.82. The maximum atomic E-state index is 5.93. The van der Waals surface area contributed by atoms with Gasteiger partial charge in [0.1, 0.15) is 17.8 Å². The second kappa shape index (κ2) is 3.76. The molecule has 0 bridgehead atoms. The number of nitrogen functional groups attached to an aromatic ring is 1. The van der Waals surface area contributed by atoms with Gasteiger partial charge >= 0.3 is 0 Å². The summed E-state index contributed by atoms with van der Waals surface area (Å²) >= 11 is 0. The van der Waals surface area contributed by atoms with E-state index < -0.39 is 0 Å². The normalized spacial score (nSPS) is 11.0. The highest BCUT2D eigenvalue weighted by molar-refractivity contribution is 5.98. The predicted octanol–water partition coefficient (Wildman–Crippen LogP) is 1.32. The van der Waals surface area contributed by atoms with Gasteiger partial charge in [0.15, 0.2) is 5.65 Å². The summed E-state index contributed by atoms with van der Waals surface area (Å²) in [6, 6.07) is 3.87. The molecule has 0 saturated carbocycles. The second-order valence-corrected chi connectivity index (χ2v) is 4.12. The van der Waals surface area contributed by atoms with Crippen LogP contribution in [0.3, 0.4) is 0 Å². The van der Waals surface area contributed by atoms with Crippen LogP contribution in [-0.2, 0) is 7.05 Å². The van der Waals surface area contributed by atoms with Gasteiger partial charge in [-0.05, 0) is 19.1 Å². The molecule has 0 aliphatic heterocycles. The monoisotopic (exact) mass is 240 g/mol. The zero-order chi connectivity index (χ0) is 12.7. The van der Waals surface area contributed by atoms with Crippen LogP contribution in [0.25, 0.3) is 22.3 Å². The van der Waals surface area contributed by atoms with Crippen LogP contribution in [-0.4, -0.2) is 24.7 Å². The number of aryl methyl sites for hydroxylation is 2. The molecule has 0 atom stereocenters. The van der Waals surface area contributed by atoms with Gasteiger partial charge in [0, 0.05) is 24.5 Å². The van der Waals surface area contributed by atoms with E-state index in [4.69, 9.17) is 5.73 Å². The molecule has 0 fully saturated rings. The lowest BCUT2D eigenvalue weighted by Gasteiger charge is -2.00. The Morgan fingerprint density at radius 2 is 2.06 bits per heavy atom. The van der Waals surface area contributed by atoms with E-state index in [0.717, 1.165) is 28.0 Å². The number of nitrogens with two attached hydrogens (primary N) is 1. The van der Waals surface area contributed by atoms with E-state index in [-0.39, 0.29) is 0 Å². The van der Waals surface area contributed by atoms with Crippen molar-refractivity contribution >= 4 is 16.9 Å². The molecular weight excluding hydrogens is 228 g/mol. The lowest BCUT2D eigenvalue weighted by Crippen LogP contribution is -1.95. The summed E-state index contributed by atoms with van der Waals surface area (Å²) < 4.78 is 1.71. The molecule has 18 heavy (non-hydrogen) atoms. The Morgan fingerprint density at radius 3 is 2.83 bits per heavy atom. The van der Waals surface area contributed by atoms with Gasteiger partial charge in [-0.15, -0.1) is 0 Å². The van der Waals surface area contributed by atoms with E-state index >= 15 is 0 Å². The molecule has 0 radical (unpaired) electrons. The molecule has 3 rings (SSSR count). The Hall–Kier alpha value is -2.50. The third-order valence-electron chi connectivity index (χ3n) is 2.82. The molecule has 3 heterocycles. The molecule has 2 N–H and O–H groups in total. The number of nitrogens with zero attached hydrogens (tertiary/aromatic N) is 5. The summed E-state index contributed by atoms with van der Waals surface area (Å²) in [5.74, 6) is 0.442. The van der Waals surface area contributed by atoms with Crippen LogP contribution < -0.4 is 5.73 Å². The Bertz CT molecular complexity index is 731. The minimum atomic E-state index is 0.442. The van der Waals surface area contributed by atoms with Crippen molar-refractivity contribution in [3.05, 3.63) is 30.4 Å². The zero-order valence-corrected chi connectivity index (χ0v) is 10.1. The molecular formula is C12H12N6. The van der Waals surface area contributed by atoms with Crippen LogP contribution in [0.2, 0.25) is 0 Å². The van der Waals surface area contributed by atoms with Gasteiger partial charge in [-0.3, -0.25) is 4.98 Å². The van der Waals surface area contributed by atoms with Crippen LogP contribution in [0.1, 0.15) is 5.69 Å². The number of fused-ring (bicyclic) bond motifs is 1. The molecule has 6 heteroatoms. The zero-order valence-electron chi connectivity index (χ0n) is 10.1. The summed E-state index contributed by atoms with van der Waals surface area (Å²) in [7, 11) is 1.84. The van der Waals surface area contributed by atoms with Gasteiger partial charge in [-0.25, -0.2) is 14.6 Å². The first-order valence-corrected chi connectivity index (χ1v) is 5.53. The molecule has 0 amide bonds. The molecule has 0 spiro atoms. The highest BCUT2D eigenvalue weighted by Gasteiger charge is 2.15. The van der Waals surface area contributed by atoms with Gasteiger partial charge in [0.05, 0.1) is 5.39 Å². The minimum absolute atomic E-state index is 0.442. The Kier molecular flexibility index (Phi) is 2.22. The fraction of sp³-hybridized carbons (Fsp3) is 0.167. The maximum Gasteiger partial charge on any atom is 0.163 e. The van der Waals surface area contributed by atoms with Crippen molar-refractivity contribution < 1.29 is 0 Å². The van der Waals surface area contributed by atoms with Crippen molar-refractivity contribution in [1.82, 2.24) is 24.7 Å². The topological polar surface area (TPSA) is 82.5 Å². The number of rotatable bonds is 1. The molecule has 0 aliphatic carbocycles. The molecule has 90 valence electrons. The largest absolute Gasteiger partial charge is 0.383 e. The molecule has 0 aromatic carbocycles. The average molecular weight is 240 g/mol. The van der Waals surface area contributed by atoms with Crippen LogP contribution in [0.15, 0.2) is 24.7 Å². The second-order valence-electron chi connectivity index (χ2n) is 4.12. The van der Waals surface area contributed by atoms with Crippen LogP contribution in [0.5, 0.6) is 0 Å². The number of hydrogen-bond donors (Lipinski definition) is 1. The van der Waals surface area contributed by atoms with E-state index in [2.05, 4.69) is 20.1 Å². The van der Waals surface area contributed by atoms with E-state index in [1.54, 1.807) is 10.9 Å². The van der Waals surface area contributed by atoms with E-state index in [1.165, 1.54) is 6.33 Å². The third kappa shape index (κ3) is 1.50.